The zero-order valence-electron chi connectivity index (χ0n) is 15.8. The molecule has 0 aromatic carbocycles. The number of pyridine rings is 2. The second kappa shape index (κ2) is 7.41. The molecule has 1 aliphatic rings. The molecule has 5 heteroatoms. The molecule has 1 saturated heterocycles. The van der Waals surface area contributed by atoms with Crippen molar-refractivity contribution in [1.82, 2.24) is 19.9 Å². The van der Waals surface area contributed by atoms with Gasteiger partial charge in [0.1, 0.15) is 0 Å². The Bertz CT molecular complexity index is 897. The Hall–Kier alpha value is -1.85. The van der Waals surface area contributed by atoms with Gasteiger partial charge in [-0.05, 0) is 82.3 Å². The molecule has 1 atom stereocenters. The van der Waals surface area contributed by atoms with E-state index >= 15 is 0 Å². The highest BCUT2D eigenvalue weighted by Crippen LogP contribution is 2.24. The predicted molar refractivity (Wildman–Crippen MR) is 108 cm³/mol. The van der Waals surface area contributed by atoms with E-state index in [1.165, 1.54) is 29.6 Å². The molecule has 136 valence electrons. The second-order valence-electron chi connectivity index (χ2n) is 7.56. The Labute approximate surface area is 159 Å². The molecule has 0 N–H and O–H groups in total. The third-order valence-corrected chi connectivity index (χ3v) is 6.00. The van der Waals surface area contributed by atoms with Crippen molar-refractivity contribution in [2.75, 3.05) is 13.1 Å². The van der Waals surface area contributed by atoms with Gasteiger partial charge in [0.2, 0.25) is 0 Å². The summed E-state index contributed by atoms with van der Waals surface area (Å²) < 4.78 is 1.19. The summed E-state index contributed by atoms with van der Waals surface area (Å²) in [7, 11) is 0. The van der Waals surface area contributed by atoms with E-state index in [-0.39, 0.29) is 0 Å². The normalized spacial score (nSPS) is 18.5. The number of thiazole rings is 1. The molecular formula is C21H26N4S. The summed E-state index contributed by atoms with van der Waals surface area (Å²) in [5.74, 6) is 0.718. The highest BCUT2D eigenvalue weighted by Gasteiger charge is 2.21. The van der Waals surface area contributed by atoms with Crippen LogP contribution in [0.3, 0.4) is 0 Å². The number of fused-ring (bicyclic) bond motifs is 1. The highest BCUT2D eigenvalue weighted by atomic mass is 32.1. The lowest BCUT2D eigenvalue weighted by Crippen LogP contribution is -2.36. The summed E-state index contributed by atoms with van der Waals surface area (Å²) in [5.41, 5.74) is 5.73. The zero-order valence-corrected chi connectivity index (χ0v) is 16.6. The first-order valence-electron chi connectivity index (χ1n) is 9.45. The molecule has 1 unspecified atom stereocenters. The van der Waals surface area contributed by atoms with Gasteiger partial charge in [0, 0.05) is 24.5 Å². The molecule has 3 aromatic rings. The van der Waals surface area contributed by atoms with Gasteiger partial charge >= 0.3 is 0 Å². The van der Waals surface area contributed by atoms with Crippen LogP contribution in [0.5, 0.6) is 0 Å². The van der Waals surface area contributed by atoms with Crippen LogP contribution < -0.4 is 0 Å². The Morgan fingerprint density at radius 3 is 2.69 bits per heavy atom. The minimum atomic E-state index is 0.718. The number of likely N-dealkylation sites (tertiary alicyclic amines) is 1. The molecule has 4 heterocycles. The quantitative estimate of drug-likeness (QED) is 0.683. The van der Waals surface area contributed by atoms with Crippen molar-refractivity contribution in [2.24, 2.45) is 5.92 Å². The number of rotatable bonds is 4. The van der Waals surface area contributed by atoms with Crippen LogP contribution >= 0.6 is 11.3 Å². The van der Waals surface area contributed by atoms with Crippen LogP contribution in [0.15, 0.2) is 24.3 Å². The minimum Gasteiger partial charge on any atom is -0.297 e. The standard InChI is InChI=1S/C21H26N4S/c1-14-9-18(10-15(2)22-14)11-17-5-4-8-25(12-17)13-19-6-7-20-21(24-19)23-16(3)26-20/h6-7,9-10,17H,4-5,8,11-13H2,1-3H3. The van der Waals surface area contributed by atoms with Gasteiger partial charge < -0.3 is 0 Å². The molecule has 0 amide bonds. The van der Waals surface area contributed by atoms with Crippen molar-refractivity contribution >= 4 is 21.7 Å². The maximum absolute atomic E-state index is 4.77. The second-order valence-corrected chi connectivity index (χ2v) is 8.80. The number of hydrogen-bond donors (Lipinski definition) is 0. The van der Waals surface area contributed by atoms with Gasteiger partial charge in [-0.2, -0.15) is 0 Å². The van der Waals surface area contributed by atoms with Crippen molar-refractivity contribution in [2.45, 2.75) is 46.6 Å². The van der Waals surface area contributed by atoms with Crippen LogP contribution in [0.4, 0.5) is 0 Å². The van der Waals surface area contributed by atoms with Crippen molar-refractivity contribution in [3.05, 3.63) is 51.9 Å². The molecule has 3 aromatic heterocycles. The average molecular weight is 367 g/mol. The number of nitrogens with zero attached hydrogens (tertiary/aromatic N) is 4. The molecule has 0 saturated carbocycles. The van der Waals surface area contributed by atoms with Crippen LogP contribution in [-0.4, -0.2) is 32.9 Å². The summed E-state index contributed by atoms with van der Waals surface area (Å²) in [5, 5.41) is 1.09. The van der Waals surface area contributed by atoms with E-state index in [4.69, 9.17) is 4.98 Å². The van der Waals surface area contributed by atoms with E-state index in [1.807, 2.05) is 6.92 Å². The molecular weight excluding hydrogens is 340 g/mol. The molecule has 0 aliphatic carbocycles. The van der Waals surface area contributed by atoms with E-state index in [9.17, 15) is 0 Å². The van der Waals surface area contributed by atoms with E-state index in [0.29, 0.717) is 0 Å². The highest BCUT2D eigenvalue weighted by molar-refractivity contribution is 7.18. The largest absolute Gasteiger partial charge is 0.297 e. The summed E-state index contributed by atoms with van der Waals surface area (Å²) in [6, 6.07) is 8.82. The van der Waals surface area contributed by atoms with E-state index in [1.54, 1.807) is 11.3 Å². The van der Waals surface area contributed by atoms with Gasteiger partial charge in [0.15, 0.2) is 5.65 Å². The SMILES string of the molecule is Cc1cc(CC2CCCN(Cc3ccc4sc(C)nc4n3)C2)cc(C)n1. The van der Waals surface area contributed by atoms with Gasteiger partial charge in [-0.1, -0.05) is 0 Å². The summed E-state index contributed by atoms with van der Waals surface area (Å²) in [6.45, 7) is 9.47. The molecule has 26 heavy (non-hydrogen) atoms. The number of piperidine rings is 1. The lowest BCUT2D eigenvalue weighted by atomic mass is 9.91. The molecule has 4 nitrogen and oxygen atoms in total. The van der Waals surface area contributed by atoms with Gasteiger partial charge in [0.25, 0.3) is 0 Å². The molecule has 0 radical (unpaired) electrons. The monoisotopic (exact) mass is 366 g/mol. The number of hydrogen-bond acceptors (Lipinski definition) is 5. The van der Waals surface area contributed by atoms with Crippen LogP contribution in [-0.2, 0) is 13.0 Å². The maximum atomic E-state index is 4.77. The van der Waals surface area contributed by atoms with Crippen molar-refractivity contribution in [1.29, 1.82) is 0 Å². The van der Waals surface area contributed by atoms with Crippen LogP contribution in [0.25, 0.3) is 10.3 Å². The zero-order chi connectivity index (χ0) is 18.1. The molecule has 1 fully saturated rings. The first-order chi connectivity index (χ1) is 12.5. The predicted octanol–water partition coefficient (Wildman–Crippen LogP) is 4.47. The van der Waals surface area contributed by atoms with Gasteiger partial charge in [-0.15, -0.1) is 11.3 Å². The van der Waals surface area contributed by atoms with Crippen LogP contribution in [0.1, 0.15) is 40.5 Å². The van der Waals surface area contributed by atoms with Gasteiger partial charge in [-0.25, -0.2) is 9.97 Å². The summed E-state index contributed by atoms with van der Waals surface area (Å²) in [4.78, 5) is 16.4. The maximum Gasteiger partial charge on any atom is 0.170 e. The first kappa shape index (κ1) is 17.6. The fourth-order valence-electron chi connectivity index (χ4n) is 4.12. The smallest absolute Gasteiger partial charge is 0.170 e. The Morgan fingerprint density at radius 2 is 1.88 bits per heavy atom. The van der Waals surface area contributed by atoms with Crippen LogP contribution in [0, 0.1) is 26.7 Å². The topological polar surface area (TPSA) is 41.9 Å². The molecule has 4 rings (SSSR count). The van der Waals surface area contributed by atoms with Crippen molar-refractivity contribution < 1.29 is 0 Å². The first-order valence-corrected chi connectivity index (χ1v) is 10.3. The number of aromatic nitrogens is 3. The van der Waals surface area contributed by atoms with E-state index in [0.717, 1.165) is 53.2 Å². The fourth-order valence-corrected chi connectivity index (χ4v) is 4.89. The lowest BCUT2D eigenvalue weighted by molar-refractivity contribution is 0.165. The molecule has 1 aliphatic heterocycles. The lowest BCUT2D eigenvalue weighted by Gasteiger charge is -2.32. The van der Waals surface area contributed by atoms with Gasteiger partial charge in [-0.3, -0.25) is 9.88 Å². The Morgan fingerprint density at radius 1 is 1.08 bits per heavy atom. The van der Waals surface area contributed by atoms with E-state index < -0.39 is 0 Å². The Kier molecular flexibility index (Phi) is 5.00. The van der Waals surface area contributed by atoms with Crippen molar-refractivity contribution in [3.63, 3.8) is 0 Å². The fraction of sp³-hybridized carbons (Fsp3) is 0.476. The minimum absolute atomic E-state index is 0.718. The summed E-state index contributed by atoms with van der Waals surface area (Å²) in [6.07, 6.45) is 3.73. The van der Waals surface area contributed by atoms with Crippen LogP contribution in [0.2, 0.25) is 0 Å². The van der Waals surface area contributed by atoms with Crippen molar-refractivity contribution in [3.8, 4) is 0 Å². The summed E-state index contributed by atoms with van der Waals surface area (Å²) >= 11 is 1.72. The van der Waals surface area contributed by atoms with Gasteiger partial charge in [0.05, 0.1) is 15.4 Å². The van der Waals surface area contributed by atoms with E-state index in [2.05, 4.69) is 53.0 Å². The average Bonchev–Trinajstić information content (AvgIpc) is 2.93. The molecule has 0 bridgehead atoms. The molecule has 0 spiro atoms. The number of aryl methyl sites for hydroxylation is 3. The Balaban J connectivity index is 1.42. The third kappa shape index (κ3) is 4.10. The third-order valence-electron chi connectivity index (χ3n) is 5.07.